The van der Waals surface area contributed by atoms with Gasteiger partial charge in [-0.1, -0.05) is 54.6 Å². The van der Waals surface area contributed by atoms with Crippen molar-refractivity contribution in [3.8, 4) is 0 Å². The monoisotopic (exact) mass is 240 g/mol. The fraction of sp³-hybridized carbons (Fsp3) is 0.0667. The summed E-state index contributed by atoms with van der Waals surface area (Å²) >= 11 is 0. The van der Waals surface area contributed by atoms with Gasteiger partial charge in [-0.2, -0.15) is 0 Å². The smallest absolute Gasteiger partial charge is 0.294 e. The lowest BCUT2D eigenvalue weighted by Gasteiger charge is -2.17. The Labute approximate surface area is 105 Å². The summed E-state index contributed by atoms with van der Waals surface area (Å²) in [5, 5.41) is 0. The average molecular weight is 240 g/mol. The third kappa shape index (κ3) is 2.46. The van der Waals surface area contributed by atoms with Crippen LogP contribution in [0.5, 0.6) is 0 Å². The number of hydrogen-bond acceptors (Lipinski definition) is 3. The molecule has 0 aliphatic heterocycles. The van der Waals surface area contributed by atoms with Gasteiger partial charge in [0.25, 0.3) is 6.47 Å². The van der Waals surface area contributed by atoms with E-state index in [1.807, 2.05) is 36.4 Å². The van der Waals surface area contributed by atoms with Crippen molar-refractivity contribution in [2.45, 2.75) is 6.10 Å². The third-order valence-corrected chi connectivity index (χ3v) is 2.70. The second-order valence-electron chi connectivity index (χ2n) is 3.77. The first-order valence-corrected chi connectivity index (χ1v) is 5.55. The lowest BCUT2D eigenvalue weighted by Crippen LogP contribution is -2.07. The molecule has 2 aromatic rings. The Balaban J connectivity index is 2.48. The fourth-order valence-electron chi connectivity index (χ4n) is 1.87. The number of benzene rings is 2. The van der Waals surface area contributed by atoms with Crippen LogP contribution in [0.3, 0.4) is 0 Å². The second-order valence-corrected chi connectivity index (χ2v) is 3.77. The average Bonchev–Trinajstić information content (AvgIpc) is 2.46. The van der Waals surface area contributed by atoms with Gasteiger partial charge in [0.2, 0.25) is 0 Å². The molecule has 1 unspecified atom stereocenters. The lowest BCUT2D eigenvalue weighted by atomic mass is 9.97. The number of aldehydes is 1. The molecule has 0 N–H and O–H groups in total. The molecule has 2 rings (SSSR count). The molecule has 0 radical (unpaired) electrons. The van der Waals surface area contributed by atoms with Crippen molar-refractivity contribution in [1.82, 2.24) is 0 Å². The van der Waals surface area contributed by atoms with Crippen molar-refractivity contribution in [3.05, 3.63) is 71.3 Å². The Kier molecular flexibility index (Phi) is 3.86. The number of rotatable bonds is 5. The van der Waals surface area contributed by atoms with Crippen molar-refractivity contribution in [2.75, 3.05) is 0 Å². The van der Waals surface area contributed by atoms with Crippen LogP contribution < -0.4 is 0 Å². The van der Waals surface area contributed by atoms with Gasteiger partial charge in [0.15, 0.2) is 6.10 Å². The minimum Gasteiger partial charge on any atom is -0.455 e. The maximum atomic E-state index is 11.0. The van der Waals surface area contributed by atoms with E-state index in [0.717, 1.165) is 11.8 Å². The molecule has 0 heterocycles. The zero-order chi connectivity index (χ0) is 12.8. The van der Waals surface area contributed by atoms with E-state index in [2.05, 4.69) is 0 Å². The Bertz CT molecular complexity index is 534. The number of hydrogen-bond donors (Lipinski definition) is 0. The number of carbonyl (C=O) groups is 2. The maximum absolute atomic E-state index is 11.0. The number of ether oxygens (including phenoxy) is 1. The van der Waals surface area contributed by atoms with Crippen LogP contribution in [0.1, 0.15) is 27.6 Å². The minimum atomic E-state index is -0.551. The SMILES string of the molecule is O=COC(c1ccccc1)c1ccccc1C=O. The third-order valence-electron chi connectivity index (χ3n) is 2.70. The summed E-state index contributed by atoms with van der Waals surface area (Å²) in [4.78, 5) is 21.7. The molecule has 90 valence electrons. The van der Waals surface area contributed by atoms with Crippen LogP contribution >= 0.6 is 0 Å². The molecular weight excluding hydrogens is 228 g/mol. The highest BCUT2D eigenvalue weighted by Gasteiger charge is 2.17. The first-order valence-electron chi connectivity index (χ1n) is 5.55. The fourth-order valence-corrected chi connectivity index (χ4v) is 1.87. The van der Waals surface area contributed by atoms with Gasteiger partial charge in [-0.15, -0.1) is 0 Å². The Morgan fingerprint density at radius 3 is 2.22 bits per heavy atom. The highest BCUT2D eigenvalue weighted by atomic mass is 16.5. The van der Waals surface area contributed by atoms with Crippen molar-refractivity contribution in [3.63, 3.8) is 0 Å². The van der Waals surface area contributed by atoms with Crippen molar-refractivity contribution >= 4 is 12.8 Å². The van der Waals surface area contributed by atoms with E-state index in [1.54, 1.807) is 18.2 Å². The molecule has 0 aromatic heterocycles. The van der Waals surface area contributed by atoms with Crippen LogP contribution in [0.15, 0.2) is 54.6 Å². The van der Waals surface area contributed by atoms with Gasteiger partial charge in [0, 0.05) is 11.1 Å². The predicted octanol–water partition coefficient (Wildman–Crippen LogP) is 2.76. The van der Waals surface area contributed by atoms with Crippen LogP contribution in [-0.2, 0) is 9.53 Å². The van der Waals surface area contributed by atoms with E-state index in [0.29, 0.717) is 17.6 Å². The topological polar surface area (TPSA) is 43.4 Å². The molecule has 0 saturated heterocycles. The molecule has 0 aliphatic rings. The van der Waals surface area contributed by atoms with Gasteiger partial charge in [0.05, 0.1) is 0 Å². The van der Waals surface area contributed by atoms with Gasteiger partial charge in [-0.3, -0.25) is 9.59 Å². The molecule has 3 nitrogen and oxygen atoms in total. The summed E-state index contributed by atoms with van der Waals surface area (Å²) in [5.41, 5.74) is 2.04. The largest absolute Gasteiger partial charge is 0.455 e. The van der Waals surface area contributed by atoms with E-state index in [-0.39, 0.29) is 0 Å². The molecular formula is C15H12O3. The Morgan fingerprint density at radius 1 is 0.889 bits per heavy atom. The highest BCUT2D eigenvalue weighted by molar-refractivity contribution is 5.77. The van der Waals surface area contributed by atoms with Gasteiger partial charge in [0.1, 0.15) is 6.29 Å². The molecule has 0 bridgehead atoms. The predicted molar refractivity (Wildman–Crippen MR) is 67.3 cm³/mol. The summed E-state index contributed by atoms with van der Waals surface area (Å²) in [6.45, 7) is 0.402. The molecule has 0 aliphatic carbocycles. The summed E-state index contributed by atoms with van der Waals surface area (Å²) in [6.07, 6.45) is 0.212. The van der Waals surface area contributed by atoms with Crippen LogP contribution in [-0.4, -0.2) is 12.8 Å². The second kappa shape index (κ2) is 5.77. The summed E-state index contributed by atoms with van der Waals surface area (Å²) in [6, 6.07) is 16.4. The van der Waals surface area contributed by atoms with E-state index >= 15 is 0 Å². The Morgan fingerprint density at radius 2 is 1.56 bits per heavy atom. The number of carbonyl (C=O) groups excluding carboxylic acids is 2. The maximum Gasteiger partial charge on any atom is 0.294 e. The zero-order valence-electron chi connectivity index (χ0n) is 9.65. The standard InChI is InChI=1S/C15H12O3/c16-10-13-8-4-5-9-14(13)15(18-11-17)12-6-2-1-3-7-12/h1-11,15H. The van der Waals surface area contributed by atoms with Gasteiger partial charge < -0.3 is 4.74 Å². The lowest BCUT2D eigenvalue weighted by molar-refractivity contribution is -0.132. The van der Waals surface area contributed by atoms with Gasteiger partial charge >= 0.3 is 0 Å². The first kappa shape index (κ1) is 12.0. The van der Waals surface area contributed by atoms with Crippen LogP contribution in [0.4, 0.5) is 0 Å². The van der Waals surface area contributed by atoms with E-state index in [4.69, 9.17) is 4.74 Å². The molecule has 1 atom stereocenters. The molecule has 0 amide bonds. The molecule has 0 spiro atoms. The van der Waals surface area contributed by atoms with Crippen LogP contribution in [0.25, 0.3) is 0 Å². The summed E-state index contributed by atoms with van der Waals surface area (Å²) in [5.74, 6) is 0. The van der Waals surface area contributed by atoms with Crippen LogP contribution in [0.2, 0.25) is 0 Å². The highest BCUT2D eigenvalue weighted by Crippen LogP contribution is 2.27. The van der Waals surface area contributed by atoms with E-state index in [1.165, 1.54) is 0 Å². The molecule has 18 heavy (non-hydrogen) atoms. The molecule has 2 aromatic carbocycles. The minimum absolute atomic E-state index is 0.402. The van der Waals surface area contributed by atoms with Gasteiger partial charge in [-0.05, 0) is 5.56 Å². The summed E-state index contributed by atoms with van der Waals surface area (Å²) < 4.78 is 5.12. The molecule has 3 heteroatoms. The first-order chi connectivity index (χ1) is 8.86. The normalized spacial score (nSPS) is 11.6. The van der Waals surface area contributed by atoms with E-state index < -0.39 is 6.10 Å². The molecule has 0 saturated carbocycles. The van der Waals surface area contributed by atoms with E-state index in [9.17, 15) is 9.59 Å². The molecule has 0 fully saturated rings. The van der Waals surface area contributed by atoms with Crippen LogP contribution in [0, 0.1) is 0 Å². The summed E-state index contributed by atoms with van der Waals surface area (Å²) in [7, 11) is 0. The Hall–Kier alpha value is -2.42. The van der Waals surface area contributed by atoms with Crippen molar-refractivity contribution in [2.24, 2.45) is 0 Å². The zero-order valence-corrected chi connectivity index (χ0v) is 9.65. The van der Waals surface area contributed by atoms with Crippen molar-refractivity contribution < 1.29 is 14.3 Å². The van der Waals surface area contributed by atoms with Gasteiger partial charge in [-0.25, -0.2) is 0 Å². The quantitative estimate of drug-likeness (QED) is 0.755. The van der Waals surface area contributed by atoms with Crippen molar-refractivity contribution in [1.29, 1.82) is 0 Å².